The molecule has 0 aromatic heterocycles. The van der Waals surface area contributed by atoms with Crippen molar-refractivity contribution in [3.8, 4) is 6.07 Å². The number of carbonyl (C=O) groups excluding carboxylic acids is 2. The largest absolute Gasteiger partial charge is 0.462 e. The standard InChI is InChI=1S/C18H28N2O4/c1-4-14(10-19)9-18(3,17(22)24-12-15-11-23-15)8-13(2)20-7-5-6-16(20)21/h13-15H,4-9,11-12H2,1-3H3. The van der Waals surface area contributed by atoms with Gasteiger partial charge >= 0.3 is 5.97 Å². The van der Waals surface area contributed by atoms with Gasteiger partial charge < -0.3 is 14.4 Å². The third-order valence-corrected chi connectivity index (χ3v) is 5.06. The summed E-state index contributed by atoms with van der Waals surface area (Å²) in [5, 5.41) is 9.30. The summed E-state index contributed by atoms with van der Waals surface area (Å²) in [7, 11) is 0. The number of amides is 1. The molecule has 2 aliphatic heterocycles. The van der Waals surface area contributed by atoms with E-state index in [9.17, 15) is 14.9 Å². The summed E-state index contributed by atoms with van der Waals surface area (Å²) in [4.78, 5) is 26.5. The molecule has 2 rings (SSSR count). The Morgan fingerprint density at radius 1 is 1.54 bits per heavy atom. The number of likely N-dealkylation sites (tertiary alicyclic amines) is 1. The summed E-state index contributed by atoms with van der Waals surface area (Å²) in [5.41, 5.74) is -0.770. The summed E-state index contributed by atoms with van der Waals surface area (Å²) in [5.74, 6) is -0.330. The zero-order valence-corrected chi connectivity index (χ0v) is 14.9. The van der Waals surface area contributed by atoms with Crippen LogP contribution in [-0.4, -0.2) is 48.7 Å². The molecule has 6 nitrogen and oxygen atoms in total. The van der Waals surface area contributed by atoms with Crippen LogP contribution < -0.4 is 0 Å². The number of epoxide rings is 1. The number of nitrogens with zero attached hydrogens (tertiary/aromatic N) is 2. The molecule has 0 aliphatic carbocycles. The van der Waals surface area contributed by atoms with Gasteiger partial charge in [0.05, 0.1) is 18.1 Å². The fraction of sp³-hybridized carbons (Fsp3) is 0.833. The Kier molecular flexibility index (Phi) is 6.22. The number of hydrogen-bond acceptors (Lipinski definition) is 5. The molecule has 0 radical (unpaired) electrons. The van der Waals surface area contributed by atoms with E-state index < -0.39 is 5.41 Å². The molecule has 4 atom stereocenters. The molecule has 0 saturated carbocycles. The highest BCUT2D eigenvalue weighted by Crippen LogP contribution is 2.36. The van der Waals surface area contributed by atoms with E-state index in [0.29, 0.717) is 32.3 Å². The quantitative estimate of drug-likeness (QED) is 0.476. The van der Waals surface area contributed by atoms with E-state index in [1.807, 2.05) is 25.7 Å². The lowest BCUT2D eigenvalue weighted by Crippen LogP contribution is -2.42. The van der Waals surface area contributed by atoms with Crippen LogP contribution in [-0.2, 0) is 19.1 Å². The maximum Gasteiger partial charge on any atom is 0.312 e. The minimum atomic E-state index is -0.770. The second kappa shape index (κ2) is 7.98. The number of carbonyl (C=O) groups is 2. The van der Waals surface area contributed by atoms with Gasteiger partial charge in [-0.1, -0.05) is 6.92 Å². The summed E-state index contributed by atoms with van der Waals surface area (Å²) in [6.45, 7) is 7.45. The SMILES string of the molecule is CCC(C#N)CC(C)(CC(C)N1CCCC1=O)C(=O)OCC1CO1. The molecule has 2 fully saturated rings. The van der Waals surface area contributed by atoms with Crippen molar-refractivity contribution in [1.82, 2.24) is 4.90 Å². The summed E-state index contributed by atoms with van der Waals surface area (Å²) >= 11 is 0. The van der Waals surface area contributed by atoms with Gasteiger partial charge in [0.1, 0.15) is 12.7 Å². The van der Waals surface area contributed by atoms with Gasteiger partial charge in [-0.2, -0.15) is 5.26 Å². The molecule has 0 bridgehead atoms. The highest BCUT2D eigenvalue weighted by molar-refractivity contribution is 5.79. The van der Waals surface area contributed by atoms with Gasteiger partial charge in [0.25, 0.3) is 0 Å². The van der Waals surface area contributed by atoms with Crippen LogP contribution in [0.2, 0.25) is 0 Å². The van der Waals surface area contributed by atoms with Crippen LogP contribution >= 0.6 is 0 Å². The first-order valence-corrected chi connectivity index (χ1v) is 8.87. The summed E-state index contributed by atoms with van der Waals surface area (Å²) in [6, 6.07) is 2.24. The predicted octanol–water partition coefficient (Wildman–Crippen LogP) is 2.28. The van der Waals surface area contributed by atoms with E-state index in [1.54, 1.807) is 0 Å². The number of rotatable bonds is 9. The van der Waals surface area contributed by atoms with Crippen LogP contribution in [0.4, 0.5) is 0 Å². The lowest BCUT2D eigenvalue weighted by Gasteiger charge is -2.35. The Labute approximate surface area is 144 Å². The minimum Gasteiger partial charge on any atom is -0.462 e. The van der Waals surface area contributed by atoms with Gasteiger partial charge in [-0.3, -0.25) is 9.59 Å². The van der Waals surface area contributed by atoms with Crippen molar-refractivity contribution in [2.45, 2.75) is 65.0 Å². The molecule has 2 heterocycles. The van der Waals surface area contributed by atoms with Crippen LogP contribution in [0, 0.1) is 22.7 Å². The lowest BCUT2D eigenvalue weighted by molar-refractivity contribution is -0.158. The van der Waals surface area contributed by atoms with Crippen molar-refractivity contribution in [2.75, 3.05) is 19.8 Å². The first kappa shape index (κ1) is 18.7. The maximum absolute atomic E-state index is 12.7. The fourth-order valence-electron chi connectivity index (χ4n) is 3.48. The van der Waals surface area contributed by atoms with Crippen LogP contribution in [0.25, 0.3) is 0 Å². The van der Waals surface area contributed by atoms with E-state index in [2.05, 4.69) is 6.07 Å². The second-order valence-corrected chi connectivity index (χ2v) is 7.30. The van der Waals surface area contributed by atoms with Gasteiger partial charge in [-0.05, 0) is 39.5 Å². The molecule has 6 heteroatoms. The van der Waals surface area contributed by atoms with Crippen molar-refractivity contribution in [3.63, 3.8) is 0 Å². The molecular formula is C18H28N2O4. The van der Waals surface area contributed by atoms with Gasteiger partial charge in [0.15, 0.2) is 0 Å². The van der Waals surface area contributed by atoms with Crippen LogP contribution in [0.1, 0.15) is 52.9 Å². The average molecular weight is 336 g/mol. The molecule has 1 amide bonds. The highest BCUT2D eigenvalue weighted by atomic mass is 16.6. The third kappa shape index (κ3) is 4.70. The average Bonchev–Trinajstić information content (AvgIpc) is 3.29. The highest BCUT2D eigenvalue weighted by Gasteiger charge is 2.41. The molecular weight excluding hydrogens is 308 g/mol. The van der Waals surface area contributed by atoms with Crippen molar-refractivity contribution in [1.29, 1.82) is 5.26 Å². The number of hydrogen-bond donors (Lipinski definition) is 0. The first-order valence-electron chi connectivity index (χ1n) is 8.87. The molecule has 24 heavy (non-hydrogen) atoms. The van der Waals surface area contributed by atoms with Crippen LogP contribution in [0.15, 0.2) is 0 Å². The smallest absolute Gasteiger partial charge is 0.312 e. The third-order valence-electron chi connectivity index (χ3n) is 5.06. The molecule has 0 aromatic rings. The first-order chi connectivity index (χ1) is 11.4. The molecule has 2 saturated heterocycles. The van der Waals surface area contributed by atoms with Gasteiger partial charge in [0.2, 0.25) is 5.91 Å². The Balaban J connectivity index is 2.06. The van der Waals surface area contributed by atoms with E-state index in [0.717, 1.165) is 13.0 Å². The van der Waals surface area contributed by atoms with Gasteiger partial charge in [-0.25, -0.2) is 0 Å². The lowest BCUT2D eigenvalue weighted by atomic mass is 9.75. The van der Waals surface area contributed by atoms with Crippen LogP contribution in [0.3, 0.4) is 0 Å². The molecule has 0 N–H and O–H groups in total. The van der Waals surface area contributed by atoms with Crippen molar-refractivity contribution in [3.05, 3.63) is 0 Å². The Morgan fingerprint density at radius 2 is 2.25 bits per heavy atom. The van der Waals surface area contributed by atoms with Gasteiger partial charge in [-0.15, -0.1) is 0 Å². The summed E-state index contributed by atoms with van der Waals surface area (Å²) in [6.07, 6.45) is 3.15. The second-order valence-electron chi connectivity index (χ2n) is 7.30. The number of ether oxygens (including phenoxy) is 2. The predicted molar refractivity (Wildman–Crippen MR) is 87.8 cm³/mol. The molecule has 0 aromatic carbocycles. The number of esters is 1. The van der Waals surface area contributed by atoms with E-state index in [4.69, 9.17) is 9.47 Å². The van der Waals surface area contributed by atoms with E-state index in [1.165, 1.54) is 0 Å². The van der Waals surface area contributed by atoms with Crippen molar-refractivity contribution >= 4 is 11.9 Å². The molecule has 2 aliphatic rings. The van der Waals surface area contributed by atoms with E-state index >= 15 is 0 Å². The molecule has 0 spiro atoms. The Bertz CT molecular complexity index is 512. The summed E-state index contributed by atoms with van der Waals surface area (Å²) < 4.78 is 10.5. The number of nitriles is 1. The molecule has 134 valence electrons. The normalized spacial score (nSPS) is 24.8. The monoisotopic (exact) mass is 336 g/mol. The minimum absolute atomic E-state index is 0.0220. The molecule has 4 unspecified atom stereocenters. The van der Waals surface area contributed by atoms with Crippen LogP contribution in [0.5, 0.6) is 0 Å². The Morgan fingerprint density at radius 3 is 2.75 bits per heavy atom. The van der Waals surface area contributed by atoms with Crippen molar-refractivity contribution < 1.29 is 19.1 Å². The Hall–Kier alpha value is -1.61. The zero-order valence-electron chi connectivity index (χ0n) is 14.9. The maximum atomic E-state index is 12.7. The van der Waals surface area contributed by atoms with Gasteiger partial charge in [0, 0.05) is 24.9 Å². The van der Waals surface area contributed by atoms with Crippen molar-refractivity contribution in [2.24, 2.45) is 11.3 Å². The van der Waals surface area contributed by atoms with E-state index in [-0.39, 0.29) is 36.5 Å². The fourth-order valence-corrected chi connectivity index (χ4v) is 3.48. The topological polar surface area (TPSA) is 82.9 Å². The zero-order chi connectivity index (χ0) is 17.7.